The van der Waals surface area contributed by atoms with Crippen LogP contribution in [-0.2, 0) is 9.47 Å². The van der Waals surface area contributed by atoms with Gasteiger partial charge in [0.2, 0.25) is 0 Å². The van der Waals surface area contributed by atoms with Gasteiger partial charge in [-0.1, -0.05) is 26.5 Å². The lowest BCUT2D eigenvalue weighted by Crippen LogP contribution is -2.08. The largest absolute Gasteiger partial charge is 0.513 e. The van der Waals surface area contributed by atoms with E-state index < -0.39 is 6.16 Å². The number of carbonyl (C=O) groups excluding carboxylic acids is 1. The second-order valence-electron chi connectivity index (χ2n) is 2.64. The van der Waals surface area contributed by atoms with Gasteiger partial charge in [0.1, 0.15) is 0 Å². The summed E-state index contributed by atoms with van der Waals surface area (Å²) < 4.78 is 9.22. The Morgan fingerprint density at radius 1 is 1.58 bits per heavy atom. The average Bonchev–Trinajstić information content (AvgIpc) is 2.01. The van der Waals surface area contributed by atoms with Crippen LogP contribution in [0.15, 0.2) is 25.0 Å². The molecule has 0 radical (unpaired) electrons. The average molecular weight is 170 g/mol. The van der Waals surface area contributed by atoms with Crippen molar-refractivity contribution in [2.24, 2.45) is 5.92 Å². The molecule has 0 rings (SSSR count). The van der Waals surface area contributed by atoms with Gasteiger partial charge >= 0.3 is 6.16 Å². The Kier molecular flexibility index (Phi) is 5.79. The van der Waals surface area contributed by atoms with Crippen molar-refractivity contribution in [3.05, 3.63) is 25.0 Å². The summed E-state index contributed by atoms with van der Waals surface area (Å²) in [5, 5.41) is 0. The fourth-order valence-electron chi connectivity index (χ4n) is 0.419. The molecule has 0 amide bonds. The minimum atomic E-state index is -0.679. The van der Waals surface area contributed by atoms with Crippen LogP contribution in [0.5, 0.6) is 0 Å². The summed E-state index contributed by atoms with van der Waals surface area (Å²) in [6, 6.07) is 0. The molecule has 68 valence electrons. The van der Waals surface area contributed by atoms with Crippen LogP contribution < -0.4 is 0 Å². The first kappa shape index (κ1) is 10.8. The van der Waals surface area contributed by atoms with E-state index in [1.807, 2.05) is 13.8 Å². The third-order valence-electron chi connectivity index (χ3n) is 0.913. The number of rotatable bonds is 4. The topological polar surface area (TPSA) is 35.5 Å². The summed E-state index contributed by atoms with van der Waals surface area (Å²) in [4.78, 5) is 10.7. The smallest absolute Gasteiger partial charge is 0.434 e. The highest BCUT2D eigenvalue weighted by Crippen LogP contribution is 1.94. The van der Waals surface area contributed by atoms with E-state index in [2.05, 4.69) is 11.3 Å². The first-order valence-corrected chi connectivity index (χ1v) is 3.77. The molecule has 0 N–H and O–H groups in total. The predicted octanol–water partition coefficient (Wildman–Crippen LogP) is 2.50. The van der Waals surface area contributed by atoms with Crippen molar-refractivity contribution in [3.8, 4) is 0 Å². The Bertz CT molecular complexity index is 171. The van der Waals surface area contributed by atoms with Gasteiger partial charge < -0.3 is 9.47 Å². The summed E-state index contributed by atoms with van der Waals surface area (Å²) in [6.45, 7) is 7.69. The molecule has 0 aromatic carbocycles. The summed E-state index contributed by atoms with van der Waals surface area (Å²) >= 11 is 0. The molecule has 0 fully saturated rings. The number of allylic oxidation sites excluding steroid dienone is 2. The molecule has 0 aliphatic carbocycles. The van der Waals surface area contributed by atoms with Gasteiger partial charge in [-0.25, -0.2) is 4.79 Å². The van der Waals surface area contributed by atoms with E-state index in [-0.39, 0.29) is 0 Å². The maximum atomic E-state index is 10.7. The summed E-state index contributed by atoms with van der Waals surface area (Å²) in [6.07, 6.45) is 3.57. The van der Waals surface area contributed by atoms with Gasteiger partial charge in [0.05, 0.1) is 12.9 Å². The minimum absolute atomic E-state index is 0.320. The molecular formula is C9H14O3. The van der Waals surface area contributed by atoms with Crippen molar-refractivity contribution in [2.75, 3.05) is 6.61 Å². The van der Waals surface area contributed by atoms with Gasteiger partial charge in [-0.05, 0) is 12.0 Å². The molecule has 0 spiro atoms. The Labute approximate surface area is 72.7 Å². The Balaban J connectivity index is 3.46. The molecule has 0 heterocycles. The molecule has 0 aliphatic heterocycles. The van der Waals surface area contributed by atoms with Crippen LogP contribution in [0.4, 0.5) is 4.79 Å². The summed E-state index contributed by atoms with van der Waals surface area (Å²) in [7, 11) is 0. The molecule has 0 aliphatic rings. The number of carbonyl (C=O) groups is 1. The van der Waals surface area contributed by atoms with Crippen molar-refractivity contribution in [3.63, 3.8) is 0 Å². The molecule has 0 aromatic rings. The van der Waals surface area contributed by atoms with Gasteiger partial charge in [0.15, 0.2) is 0 Å². The summed E-state index contributed by atoms with van der Waals surface area (Å²) in [5.41, 5.74) is 0. The third kappa shape index (κ3) is 6.86. The Morgan fingerprint density at radius 3 is 2.75 bits per heavy atom. The molecular weight excluding hydrogens is 156 g/mol. The zero-order valence-electron chi connectivity index (χ0n) is 7.45. The maximum Gasteiger partial charge on any atom is 0.513 e. The van der Waals surface area contributed by atoms with E-state index in [0.717, 1.165) is 0 Å². The maximum absolute atomic E-state index is 10.7. The Hall–Kier alpha value is -1.25. The highest BCUT2D eigenvalue weighted by molar-refractivity contribution is 5.60. The fraction of sp³-hybridized carbons (Fsp3) is 0.444. The zero-order chi connectivity index (χ0) is 9.40. The number of ether oxygens (including phenoxy) is 2. The van der Waals surface area contributed by atoms with E-state index in [1.165, 1.54) is 18.4 Å². The predicted molar refractivity (Wildman–Crippen MR) is 46.6 cm³/mol. The highest BCUT2D eigenvalue weighted by atomic mass is 16.7. The normalized spacial score (nSPS) is 10.2. The van der Waals surface area contributed by atoms with E-state index in [9.17, 15) is 4.79 Å². The van der Waals surface area contributed by atoms with Crippen molar-refractivity contribution < 1.29 is 14.3 Å². The van der Waals surface area contributed by atoms with Gasteiger partial charge in [0, 0.05) is 0 Å². The molecule has 0 saturated carbocycles. The van der Waals surface area contributed by atoms with Gasteiger partial charge in [0.25, 0.3) is 0 Å². The molecule has 0 aromatic heterocycles. The fourth-order valence-corrected chi connectivity index (χ4v) is 0.419. The van der Waals surface area contributed by atoms with E-state index in [4.69, 9.17) is 4.74 Å². The van der Waals surface area contributed by atoms with E-state index >= 15 is 0 Å². The van der Waals surface area contributed by atoms with Crippen molar-refractivity contribution in [1.82, 2.24) is 0 Å². The van der Waals surface area contributed by atoms with Crippen molar-refractivity contribution >= 4 is 6.16 Å². The third-order valence-corrected chi connectivity index (χ3v) is 0.913. The first-order chi connectivity index (χ1) is 5.66. The molecule has 3 nitrogen and oxygen atoms in total. The first-order valence-electron chi connectivity index (χ1n) is 3.77. The molecule has 0 unspecified atom stereocenters. The van der Waals surface area contributed by atoms with E-state index in [0.29, 0.717) is 12.5 Å². The van der Waals surface area contributed by atoms with Crippen LogP contribution in [0.1, 0.15) is 13.8 Å². The van der Waals surface area contributed by atoms with Crippen molar-refractivity contribution in [1.29, 1.82) is 0 Å². The van der Waals surface area contributed by atoms with Gasteiger partial charge in [-0.2, -0.15) is 0 Å². The minimum Gasteiger partial charge on any atom is -0.434 e. The second kappa shape index (κ2) is 6.46. The van der Waals surface area contributed by atoms with Crippen LogP contribution in [0.25, 0.3) is 0 Å². The second-order valence-corrected chi connectivity index (χ2v) is 2.64. The zero-order valence-corrected chi connectivity index (χ0v) is 7.45. The van der Waals surface area contributed by atoms with Crippen LogP contribution in [0, 0.1) is 5.92 Å². The quantitative estimate of drug-likeness (QED) is 0.369. The highest BCUT2D eigenvalue weighted by Gasteiger charge is 2.02. The lowest BCUT2D eigenvalue weighted by Gasteiger charge is -2.04. The van der Waals surface area contributed by atoms with Crippen LogP contribution in [0.3, 0.4) is 0 Å². The number of hydrogen-bond donors (Lipinski definition) is 0. The SMILES string of the molecule is C=CC=COC(=O)OCC(C)C. The molecule has 0 saturated heterocycles. The molecule has 0 bridgehead atoms. The Morgan fingerprint density at radius 2 is 2.25 bits per heavy atom. The van der Waals surface area contributed by atoms with E-state index in [1.54, 1.807) is 0 Å². The van der Waals surface area contributed by atoms with Crippen molar-refractivity contribution in [2.45, 2.75) is 13.8 Å². The van der Waals surface area contributed by atoms with Crippen LogP contribution in [-0.4, -0.2) is 12.8 Å². The molecule has 0 atom stereocenters. The molecule has 3 heteroatoms. The summed E-state index contributed by atoms with van der Waals surface area (Å²) in [5.74, 6) is 0.320. The van der Waals surface area contributed by atoms with Crippen LogP contribution >= 0.6 is 0 Å². The standard InChI is InChI=1S/C9H14O3/c1-4-5-6-11-9(10)12-7-8(2)3/h4-6,8H,1,7H2,2-3H3. The molecule has 12 heavy (non-hydrogen) atoms. The lowest BCUT2D eigenvalue weighted by atomic mass is 10.2. The van der Waals surface area contributed by atoms with Gasteiger partial charge in [-0.3, -0.25) is 0 Å². The van der Waals surface area contributed by atoms with Gasteiger partial charge in [-0.15, -0.1) is 0 Å². The monoisotopic (exact) mass is 170 g/mol. The van der Waals surface area contributed by atoms with Crippen LogP contribution in [0.2, 0.25) is 0 Å². The lowest BCUT2D eigenvalue weighted by molar-refractivity contribution is 0.0751. The number of hydrogen-bond acceptors (Lipinski definition) is 3.